The van der Waals surface area contributed by atoms with Gasteiger partial charge in [0.25, 0.3) is 0 Å². The van der Waals surface area contributed by atoms with Crippen molar-refractivity contribution < 1.29 is 14.3 Å². The number of fused-ring (bicyclic) bond motifs is 2. The van der Waals surface area contributed by atoms with Gasteiger partial charge in [-0.05, 0) is 42.3 Å². The lowest BCUT2D eigenvalue weighted by Gasteiger charge is -2.24. The Morgan fingerprint density at radius 3 is 2.69 bits per heavy atom. The Balaban J connectivity index is 1.33. The van der Waals surface area contributed by atoms with Gasteiger partial charge >= 0.3 is 0 Å². The van der Waals surface area contributed by atoms with Crippen LogP contribution in [0.4, 0.5) is 5.82 Å². The van der Waals surface area contributed by atoms with Crippen molar-refractivity contribution in [1.82, 2.24) is 14.8 Å². The smallest absolute Gasteiger partial charge is 0.226 e. The van der Waals surface area contributed by atoms with Crippen LogP contribution in [0.3, 0.4) is 0 Å². The zero-order valence-corrected chi connectivity index (χ0v) is 20.5. The maximum atomic E-state index is 12.8. The minimum atomic E-state index is -0.153. The topological polar surface area (TPSA) is 78.3 Å². The first-order valence-corrected chi connectivity index (χ1v) is 12.7. The number of nitrogens with one attached hydrogen (secondary N) is 1. The van der Waals surface area contributed by atoms with Crippen molar-refractivity contribution in [2.75, 3.05) is 11.9 Å². The first-order chi connectivity index (χ1) is 17.7. The normalized spacial score (nSPS) is 14.9. The van der Waals surface area contributed by atoms with Crippen molar-refractivity contribution in [3.63, 3.8) is 0 Å². The quantitative estimate of drug-likeness (QED) is 0.302. The zero-order chi connectivity index (χ0) is 24.5. The molecule has 1 unspecified atom stereocenters. The average Bonchev–Trinajstić information content (AvgIpc) is 3.52. The summed E-state index contributed by atoms with van der Waals surface area (Å²) in [6, 6.07) is 23.9. The van der Waals surface area contributed by atoms with Gasteiger partial charge in [-0.2, -0.15) is 9.78 Å². The Morgan fingerprint density at radius 2 is 1.86 bits per heavy atom. The average molecular weight is 497 g/mol. The highest BCUT2D eigenvalue weighted by molar-refractivity contribution is 7.20. The van der Waals surface area contributed by atoms with E-state index in [1.54, 1.807) is 16.0 Å². The number of thiazole rings is 1. The SMILES string of the molecule is CCOc1cc(C2CC(=O)Nc3c2cnn3-c2nc3ccccc3s2)ccc1OCc1ccccc1. The summed E-state index contributed by atoms with van der Waals surface area (Å²) in [6.07, 6.45) is 2.15. The molecule has 0 saturated heterocycles. The summed E-state index contributed by atoms with van der Waals surface area (Å²) >= 11 is 1.54. The molecule has 3 aromatic carbocycles. The standard InChI is InChI=1S/C28H24N4O3S/c1-2-34-24-14-19(12-13-23(24)35-17-18-8-4-3-5-9-18)20-15-26(33)31-27-21(20)16-29-32(27)28-30-22-10-6-7-11-25(22)36-28/h3-14,16,20H,2,15,17H2,1H3,(H,31,33). The lowest BCUT2D eigenvalue weighted by atomic mass is 9.87. The summed E-state index contributed by atoms with van der Waals surface area (Å²) < 4.78 is 14.8. The molecule has 0 aliphatic carbocycles. The van der Waals surface area contributed by atoms with Gasteiger partial charge in [-0.3, -0.25) is 4.79 Å². The number of hydrogen-bond donors (Lipinski definition) is 1. The van der Waals surface area contributed by atoms with Gasteiger partial charge in [-0.1, -0.05) is 59.9 Å². The molecular formula is C28H24N4O3S. The minimum absolute atomic E-state index is 0.0577. The van der Waals surface area contributed by atoms with Crippen LogP contribution in [-0.2, 0) is 11.4 Å². The Labute approximate surface area is 212 Å². The minimum Gasteiger partial charge on any atom is -0.490 e. The third-order valence-corrected chi connectivity index (χ3v) is 7.20. The number of hydrogen-bond acceptors (Lipinski definition) is 6. The lowest BCUT2D eigenvalue weighted by Crippen LogP contribution is -2.24. The lowest BCUT2D eigenvalue weighted by molar-refractivity contribution is -0.116. The molecule has 8 heteroatoms. The summed E-state index contributed by atoms with van der Waals surface area (Å²) in [5.74, 6) is 1.79. The first kappa shape index (κ1) is 22.3. The maximum Gasteiger partial charge on any atom is 0.226 e. The number of aromatic nitrogens is 3. The molecule has 5 aromatic rings. The van der Waals surface area contributed by atoms with Crippen molar-refractivity contribution in [2.24, 2.45) is 0 Å². The first-order valence-electron chi connectivity index (χ1n) is 11.9. The van der Waals surface area contributed by atoms with E-state index in [0.717, 1.165) is 32.0 Å². The molecule has 7 nitrogen and oxygen atoms in total. The number of anilines is 1. The van der Waals surface area contributed by atoms with Crippen LogP contribution in [0.5, 0.6) is 11.5 Å². The van der Waals surface area contributed by atoms with E-state index in [-0.39, 0.29) is 11.8 Å². The van der Waals surface area contributed by atoms with Gasteiger partial charge in [-0.25, -0.2) is 4.98 Å². The molecule has 0 bridgehead atoms. The van der Waals surface area contributed by atoms with Crippen LogP contribution in [0.25, 0.3) is 15.3 Å². The number of para-hydroxylation sites is 1. The predicted molar refractivity (Wildman–Crippen MR) is 140 cm³/mol. The van der Waals surface area contributed by atoms with E-state index in [9.17, 15) is 4.79 Å². The van der Waals surface area contributed by atoms with Crippen LogP contribution in [0.2, 0.25) is 0 Å². The van der Waals surface area contributed by atoms with Gasteiger partial charge in [-0.15, -0.1) is 0 Å². The molecule has 2 aromatic heterocycles. The van der Waals surface area contributed by atoms with Crippen molar-refractivity contribution in [3.05, 3.63) is 95.7 Å². The molecule has 1 N–H and O–H groups in total. The molecule has 1 aliphatic rings. The fourth-order valence-corrected chi connectivity index (χ4v) is 5.41. The van der Waals surface area contributed by atoms with Crippen molar-refractivity contribution in [1.29, 1.82) is 0 Å². The molecular weight excluding hydrogens is 472 g/mol. The summed E-state index contributed by atoms with van der Waals surface area (Å²) in [5, 5.41) is 8.34. The van der Waals surface area contributed by atoms with Gasteiger partial charge in [0.2, 0.25) is 11.0 Å². The van der Waals surface area contributed by atoms with Crippen molar-refractivity contribution >= 4 is 33.3 Å². The summed E-state index contributed by atoms with van der Waals surface area (Å²) in [6.45, 7) is 2.91. The van der Waals surface area contributed by atoms with E-state index in [4.69, 9.17) is 14.5 Å². The van der Waals surface area contributed by atoms with Gasteiger partial charge in [0.1, 0.15) is 12.4 Å². The van der Waals surface area contributed by atoms with E-state index in [1.165, 1.54) is 0 Å². The van der Waals surface area contributed by atoms with Crippen LogP contribution in [0.1, 0.15) is 36.0 Å². The molecule has 3 heterocycles. The Bertz CT molecular complexity index is 1510. The highest BCUT2D eigenvalue weighted by Crippen LogP contribution is 2.41. The Kier molecular flexibility index (Phi) is 5.87. The monoisotopic (exact) mass is 496 g/mol. The van der Waals surface area contributed by atoms with E-state index < -0.39 is 0 Å². The zero-order valence-electron chi connectivity index (χ0n) is 19.7. The Morgan fingerprint density at radius 1 is 1.03 bits per heavy atom. The van der Waals surface area contributed by atoms with E-state index in [2.05, 4.69) is 10.4 Å². The van der Waals surface area contributed by atoms with Gasteiger partial charge < -0.3 is 14.8 Å². The molecule has 1 amide bonds. The van der Waals surface area contributed by atoms with Gasteiger partial charge in [0, 0.05) is 17.9 Å². The third kappa shape index (κ3) is 4.20. The van der Waals surface area contributed by atoms with Crippen LogP contribution in [0, 0.1) is 0 Å². The molecule has 0 spiro atoms. The van der Waals surface area contributed by atoms with Crippen molar-refractivity contribution in [3.8, 4) is 16.6 Å². The number of carbonyl (C=O) groups excluding carboxylic acids is 1. The number of ether oxygens (including phenoxy) is 2. The van der Waals surface area contributed by atoms with E-state index in [1.807, 2.05) is 85.9 Å². The third-order valence-electron chi connectivity index (χ3n) is 6.19. The highest BCUT2D eigenvalue weighted by Gasteiger charge is 2.31. The molecule has 1 atom stereocenters. The van der Waals surface area contributed by atoms with E-state index >= 15 is 0 Å². The number of carbonyl (C=O) groups is 1. The summed E-state index contributed by atoms with van der Waals surface area (Å²) in [7, 11) is 0. The van der Waals surface area contributed by atoms with Gasteiger partial charge in [0.15, 0.2) is 11.5 Å². The molecule has 36 heavy (non-hydrogen) atoms. The fraction of sp³-hybridized carbons (Fsp3) is 0.179. The number of benzene rings is 3. The van der Waals surface area contributed by atoms with Crippen molar-refractivity contribution in [2.45, 2.75) is 25.9 Å². The summed E-state index contributed by atoms with van der Waals surface area (Å²) in [4.78, 5) is 17.5. The predicted octanol–water partition coefficient (Wildman–Crippen LogP) is 5.93. The number of rotatable bonds is 7. The molecule has 6 rings (SSSR count). The van der Waals surface area contributed by atoms with Crippen LogP contribution >= 0.6 is 11.3 Å². The van der Waals surface area contributed by atoms with Crippen LogP contribution in [0.15, 0.2) is 79.0 Å². The van der Waals surface area contributed by atoms with E-state index in [0.29, 0.717) is 37.0 Å². The van der Waals surface area contributed by atoms with Gasteiger partial charge in [0.05, 0.1) is 23.0 Å². The van der Waals surface area contributed by atoms with Crippen LogP contribution in [-0.4, -0.2) is 27.3 Å². The Hall–Kier alpha value is -4.17. The number of nitrogens with zero attached hydrogens (tertiary/aromatic N) is 3. The maximum absolute atomic E-state index is 12.8. The fourth-order valence-electron chi connectivity index (χ4n) is 4.48. The molecule has 180 valence electrons. The highest BCUT2D eigenvalue weighted by atomic mass is 32.1. The molecule has 0 saturated carbocycles. The second-order valence-corrected chi connectivity index (χ2v) is 9.55. The second-order valence-electron chi connectivity index (χ2n) is 8.54. The van der Waals surface area contributed by atoms with Crippen LogP contribution < -0.4 is 14.8 Å². The molecule has 0 fully saturated rings. The summed E-state index contributed by atoms with van der Waals surface area (Å²) in [5.41, 5.74) is 3.92. The number of amides is 1. The molecule has 0 radical (unpaired) electrons. The largest absolute Gasteiger partial charge is 0.490 e. The second kappa shape index (κ2) is 9.47. The molecule has 1 aliphatic heterocycles.